The smallest absolute Gasteiger partial charge is 0.305 e. The molecule has 452 valence electrons. The molecule has 0 fully saturated rings. The zero-order chi connectivity index (χ0) is 55.0. The minimum atomic E-state index is -0.841. The molecule has 0 radical (unpaired) electrons. The van der Waals surface area contributed by atoms with E-state index in [1.807, 2.05) is 6.08 Å². The Labute approximate surface area is 476 Å². The molecule has 0 bridgehead atoms. The first kappa shape index (κ1) is 74.6. The predicted molar refractivity (Wildman–Crippen MR) is 333 cm³/mol. The topological polar surface area (TPSA) is 95.9 Å². The summed E-state index contributed by atoms with van der Waals surface area (Å²) in [6.45, 7) is 4.94. The van der Waals surface area contributed by atoms with Crippen molar-refractivity contribution in [2.24, 2.45) is 0 Å². The summed E-state index contributed by atoms with van der Waals surface area (Å²) in [6.07, 6.45) is 81.5. The van der Waals surface area contributed by atoms with Crippen LogP contribution >= 0.6 is 0 Å². The van der Waals surface area contributed by atoms with Crippen molar-refractivity contribution in [1.29, 1.82) is 0 Å². The Kier molecular flexibility index (Phi) is 64.9. The van der Waals surface area contributed by atoms with Gasteiger partial charge in [0.2, 0.25) is 5.91 Å². The number of rotatable bonds is 66. The zero-order valence-electron chi connectivity index (χ0n) is 51.8. The third-order valence-electron chi connectivity index (χ3n) is 16.6. The Morgan fingerprint density at radius 3 is 0.895 bits per heavy atom. The van der Waals surface area contributed by atoms with Gasteiger partial charge in [0.15, 0.2) is 0 Å². The Hall–Kier alpha value is -1.40. The van der Waals surface area contributed by atoms with Crippen LogP contribution in [0.25, 0.3) is 0 Å². The largest absolute Gasteiger partial charge is 0.466 e. The Morgan fingerprint density at radius 2 is 0.605 bits per heavy atom. The molecule has 0 heterocycles. The SMILES string of the molecule is CCCCCCCCCCCCCCCCC/C=C/C(O)C(CO)NC(=O)CCCCCCCCCCCCCCCCCCCCCCCCCCCCCCCCOC(=O)CCCCCCCCCCCCCC. The van der Waals surface area contributed by atoms with Crippen molar-refractivity contribution in [3.05, 3.63) is 12.2 Å². The summed E-state index contributed by atoms with van der Waals surface area (Å²) < 4.78 is 5.48. The van der Waals surface area contributed by atoms with E-state index in [1.165, 1.54) is 334 Å². The van der Waals surface area contributed by atoms with Crippen LogP contribution < -0.4 is 5.32 Å². The number of hydrogen-bond donors (Lipinski definition) is 3. The van der Waals surface area contributed by atoms with Crippen molar-refractivity contribution >= 4 is 11.9 Å². The van der Waals surface area contributed by atoms with Gasteiger partial charge in [-0.25, -0.2) is 0 Å². The fourth-order valence-electron chi connectivity index (χ4n) is 11.2. The van der Waals surface area contributed by atoms with Gasteiger partial charge in [-0.3, -0.25) is 9.59 Å². The lowest BCUT2D eigenvalue weighted by molar-refractivity contribution is -0.143. The lowest BCUT2D eigenvalue weighted by atomic mass is 10.0. The fraction of sp³-hybridized carbons (Fsp3) is 0.943. The van der Waals surface area contributed by atoms with Gasteiger partial charge in [0.05, 0.1) is 25.4 Å². The van der Waals surface area contributed by atoms with Crippen LogP contribution in [0.3, 0.4) is 0 Å². The molecule has 0 spiro atoms. The van der Waals surface area contributed by atoms with Gasteiger partial charge in [-0.15, -0.1) is 0 Å². The van der Waals surface area contributed by atoms with Gasteiger partial charge in [0, 0.05) is 12.8 Å². The maximum atomic E-state index is 12.5. The molecule has 6 nitrogen and oxygen atoms in total. The number of aliphatic hydroxyl groups is 2. The van der Waals surface area contributed by atoms with Crippen LogP contribution in [0.4, 0.5) is 0 Å². The molecule has 76 heavy (non-hydrogen) atoms. The highest BCUT2D eigenvalue weighted by atomic mass is 16.5. The molecule has 0 aliphatic heterocycles. The van der Waals surface area contributed by atoms with Gasteiger partial charge in [0.25, 0.3) is 0 Å². The molecule has 0 saturated heterocycles. The molecule has 0 aromatic carbocycles. The highest BCUT2D eigenvalue weighted by Gasteiger charge is 2.18. The van der Waals surface area contributed by atoms with Gasteiger partial charge in [-0.1, -0.05) is 366 Å². The number of carbonyl (C=O) groups is 2. The summed E-state index contributed by atoms with van der Waals surface area (Å²) in [4.78, 5) is 24.5. The van der Waals surface area contributed by atoms with E-state index in [0.29, 0.717) is 19.4 Å². The lowest BCUT2D eigenvalue weighted by Crippen LogP contribution is -2.45. The van der Waals surface area contributed by atoms with Gasteiger partial charge < -0.3 is 20.3 Å². The van der Waals surface area contributed by atoms with Crippen LogP contribution in [0.15, 0.2) is 12.2 Å². The average Bonchev–Trinajstić information content (AvgIpc) is 3.42. The summed E-state index contributed by atoms with van der Waals surface area (Å²) in [5.41, 5.74) is 0. The molecule has 0 aromatic heterocycles. The van der Waals surface area contributed by atoms with Gasteiger partial charge in [-0.2, -0.15) is 0 Å². The summed E-state index contributed by atoms with van der Waals surface area (Å²) in [5, 5.41) is 23.2. The Morgan fingerprint density at radius 1 is 0.355 bits per heavy atom. The number of nitrogens with one attached hydrogen (secondary N) is 1. The van der Waals surface area contributed by atoms with Gasteiger partial charge >= 0.3 is 5.97 Å². The molecular weight excluding hydrogens is 935 g/mol. The molecule has 0 rings (SSSR count). The standard InChI is InChI=1S/C70H137NO5/c1-3-5-7-9-11-13-15-17-18-33-36-39-42-46-50-54-58-62-68(73)67(66-72)71-69(74)63-59-55-51-47-43-40-37-34-31-29-27-25-23-21-19-20-22-24-26-28-30-32-35-38-41-45-49-53-57-61-65-76-70(75)64-60-56-52-48-44-16-14-12-10-8-6-4-2/h58,62,67-68,72-73H,3-57,59-61,63-66H2,1-2H3,(H,71,74)/b62-58+. The maximum Gasteiger partial charge on any atom is 0.305 e. The first-order valence-electron chi connectivity index (χ1n) is 35.0. The quantitative estimate of drug-likeness (QED) is 0.0320. The van der Waals surface area contributed by atoms with Crippen molar-refractivity contribution in [2.75, 3.05) is 13.2 Å². The number of unbranched alkanes of at least 4 members (excludes halogenated alkanes) is 55. The molecule has 6 heteroatoms. The minimum absolute atomic E-state index is 0.0213. The molecule has 0 aliphatic rings. The third kappa shape index (κ3) is 61.8. The van der Waals surface area contributed by atoms with Crippen molar-refractivity contribution < 1.29 is 24.5 Å². The van der Waals surface area contributed by atoms with E-state index in [4.69, 9.17) is 4.74 Å². The van der Waals surface area contributed by atoms with Crippen molar-refractivity contribution in [1.82, 2.24) is 5.32 Å². The number of hydrogen-bond acceptors (Lipinski definition) is 5. The second kappa shape index (κ2) is 66.1. The molecule has 2 atom stereocenters. The van der Waals surface area contributed by atoms with E-state index in [0.717, 1.165) is 38.5 Å². The first-order valence-corrected chi connectivity index (χ1v) is 35.0. The van der Waals surface area contributed by atoms with E-state index in [9.17, 15) is 19.8 Å². The number of aliphatic hydroxyl groups excluding tert-OH is 2. The molecule has 0 aromatic rings. The number of ether oxygens (including phenoxy) is 1. The molecule has 0 saturated carbocycles. The predicted octanol–water partition coefficient (Wildman–Crippen LogP) is 22.4. The van der Waals surface area contributed by atoms with Gasteiger partial charge in [0.1, 0.15) is 0 Å². The number of allylic oxidation sites excluding steroid dienone is 1. The third-order valence-corrected chi connectivity index (χ3v) is 16.6. The fourth-order valence-corrected chi connectivity index (χ4v) is 11.2. The Bertz CT molecular complexity index is 1140. The van der Waals surface area contributed by atoms with Crippen LogP contribution in [-0.2, 0) is 14.3 Å². The van der Waals surface area contributed by atoms with Crippen LogP contribution in [0, 0.1) is 0 Å². The van der Waals surface area contributed by atoms with Crippen LogP contribution in [0.1, 0.15) is 399 Å². The second-order valence-corrected chi connectivity index (χ2v) is 24.2. The van der Waals surface area contributed by atoms with Crippen molar-refractivity contribution in [3.8, 4) is 0 Å². The first-order chi connectivity index (χ1) is 37.5. The highest BCUT2D eigenvalue weighted by Crippen LogP contribution is 2.19. The van der Waals surface area contributed by atoms with Gasteiger partial charge in [-0.05, 0) is 32.1 Å². The summed E-state index contributed by atoms with van der Waals surface area (Å²) >= 11 is 0. The zero-order valence-corrected chi connectivity index (χ0v) is 51.8. The Balaban J connectivity index is 3.34. The maximum absolute atomic E-state index is 12.5. The van der Waals surface area contributed by atoms with Crippen LogP contribution in [0.2, 0.25) is 0 Å². The normalized spacial score (nSPS) is 12.5. The van der Waals surface area contributed by atoms with Crippen LogP contribution in [-0.4, -0.2) is 47.4 Å². The molecular formula is C70H137NO5. The molecule has 1 amide bonds. The molecule has 0 aliphatic carbocycles. The average molecular weight is 1070 g/mol. The number of carbonyl (C=O) groups excluding carboxylic acids is 2. The number of amides is 1. The van der Waals surface area contributed by atoms with E-state index in [1.54, 1.807) is 6.08 Å². The van der Waals surface area contributed by atoms with Crippen molar-refractivity contribution in [2.45, 2.75) is 411 Å². The summed E-state index contributed by atoms with van der Waals surface area (Å²) in [7, 11) is 0. The van der Waals surface area contributed by atoms with Crippen molar-refractivity contribution in [3.63, 3.8) is 0 Å². The van der Waals surface area contributed by atoms with Crippen LogP contribution in [0.5, 0.6) is 0 Å². The summed E-state index contributed by atoms with van der Waals surface area (Å²) in [5.74, 6) is -0.0392. The summed E-state index contributed by atoms with van der Waals surface area (Å²) in [6, 6.07) is -0.624. The highest BCUT2D eigenvalue weighted by molar-refractivity contribution is 5.76. The van der Waals surface area contributed by atoms with E-state index in [-0.39, 0.29) is 18.5 Å². The minimum Gasteiger partial charge on any atom is -0.466 e. The monoisotopic (exact) mass is 1070 g/mol. The lowest BCUT2D eigenvalue weighted by Gasteiger charge is -2.20. The second-order valence-electron chi connectivity index (χ2n) is 24.2. The van der Waals surface area contributed by atoms with E-state index < -0.39 is 12.1 Å². The molecule has 3 N–H and O–H groups in total. The number of esters is 1. The molecule has 2 unspecified atom stereocenters. The van der Waals surface area contributed by atoms with E-state index in [2.05, 4.69) is 19.2 Å². The van der Waals surface area contributed by atoms with E-state index >= 15 is 0 Å².